The number of nitrogens with one attached hydrogen (secondary N) is 1. The largest absolute Gasteiger partial charge is 0.352 e. The molecule has 0 bridgehead atoms. The fourth-order valence-electron chi connectivity index (χ4n) is 4.94. The van der Waals surface area contributed by atoms with Gasteiger partial charge in [-0.3, -0.25) is 9.48 Å². The van der Waals surface area contributed by atoms with Gasteiger partial charge in [0.15, 0.2) is 0 Å². The first-order chi connectivity index (χ1) is 12.2. The molecule has 4 heteroatoms. The predicted octanol–water partition coefficient (Wildman–Crippen LogP) is 3.92. The van der Waals surface area contributed by atoms with Gasteiger partial charge in [-0.2, -0.15) is 5.10 Å². The third-order valence-electron chi connectivity index (χ3n) is 6.15. The monoisotopic (exact) mass is 337 g/mol. The van der Waals surface area contributed by atoms with Gasteiger partial charge in [0.1, 0.15) is 0 Å². The number of carbonyl (C=O) groups excluding carboxylic acids is 1. The van der Waals surface area contributed by atoms with Crippen molar-refractivity contribution in [3.8, 4) is 0 Å². The summed E-state index contributed by atoms with van der Waals surface area (Å²) in [5, 5.41) is 7.62. The Labute approximate surface area is 149 Å². The fraction of sp³-hybridized carbons (Fsp3) is 0.524. The summed E-state index contributed by atoms with van der Waals surface area (Å²) in [6, 6.07) is 13.0. The van der Waals surface area contributed by atoms with E-state index in [0.717, 1.165) is 5.92 Å². The molecule has 0 saturated heterocycles. The summed E-state index contributed by atoms with van der Waals surface area (Å²) in [6.45, 7) is 2.05. The van der Waals surface area contributed by atoms with E-state index in [-0.39, 0.29) is 11.9 Å². The minimum absolute atomic E-state index is 0.0902. The molecule has 0 spiro atoms. The first kappa shape index (κ1) is 16.4. The van der Waals surface area contributed by atoms with Crippen LogP contribution in [0.4, 0.5) is 0 Å². The predicted molar refractivity (Wildman–Crippen MR) is 98.1 cm³/mol. The third-order valence-corrected chi connectivity index (χ3v) is 6.15. The second-order valence-electron chi connectivity index (χ2n) is 7.68. The van der Waals surface area contributed by atoms with Crippen LogP contribution >= 0.6 is 0 Å². The maximum Gasteiger partial charge on any atom is 0.222 e. The topological polar surface area (TPSA) is 46.9 Å². The summed E-state index contributed by atoms with van der Waals surface area (Å²) in [4.78, 5) is 12.7. The lowest BCUT2D eigenvalue weighted by Crippen LogP contribution is -2.59. The molecule has 2 fully saturated rings. The van der Waals surface area contributed by atoms with Crippen LogP contribution in [0.2, 0.25) is 0 Å². The van der Waals surface area contributed by atoms with Crippen molar-refractivity contribution in [2.24, 2.45) is 11.8 Å². The van der Waals surface area contributed by atoms with E-state index in [2.05, 4.69) is 40.7 Å². The molecule has 2 saturated carbocycles. The lowest BCUT2D eigenvalue weighted by molar-refractivity contribution is -0.125. The molecule has 1 amide bonds. The highest BCUT2D eigenvalue weighted by Gasteiger charge is 2.51. The van der Waals surface area contributed by atoms with Crippen molar-refractivity contribution in [2.45, 2.75) is 57.0 Å². The molecule has 5 atom stereocenters. The number of carbonyl (C=O) groups is 1. The summed E-state index contributed by atoms with van der Waals surface area (Å²) in [7, 11) is 0. The zero-order chi connectivity index (χ0) is 17.2. The average molecular weight is 337 g/mol. The van der Waals surface area contributed by atoms with Crippen molar-refractivity contribution in [1.82, 2.24) is 15.1 Å². The van der Waals surface area contributed by atoms with Gasteiger partial charge >= 0.3 is 0 Å². The Balaban J connectivity index is 1.44. The summed E-state index contributed by atoms with van der Waals surface area (Å²) in [6.07, 6.45) is 9.37. The molecule has 4 rings (SSSR count). The molecule has 1 heterocycles. The average Bonchev–Trinajstić information content (AvgIpc) is 3.16. The molecular formula is C21H27N3O. The second kappa shape index (κ2) is 7.03. The SMILES string of the molecule is C[C@H](CC(=O)N[C@H]1[C@@H]2CCCC[C@H]2[C@@H]1c1ccccc1)n1cccn1. The Morgan fingerprint density at radius 1 is 1.20 bits per heavy atom. The Morgan fingerprint density at radius 2 is 1.96 bits per heavy atom. The number of rotatable bonds is 5. The number of nitrogens with zero attached hydrogens (tertiary/aromatic N) is 2. The highest BCUT2D eigenvalue weighted by atomic mass is 16.1. The third kappa shape index (κ3) is 3.22. The zero-order valence-electron chi connectivity index (χ0n) is 14.8. The van der Waals surface area contributed by atoms with Crippen LogP contribution in [0.5, 0.6) is 0 Å². The molecular weight excluding hydrogens is 310 g/mol. The molecule has 2 aliphatic rings. The molecule has 0 radical (unpaired) electrons. The maximum absolute atomic E-state index is 12.7. The van der Waals surface area contributed by atoms with Crippen molar-refractivity contribution in [2.75, 3.05) is 0 Å². The Bertz CT molecular complexity index is 697. The van der Waals surface area contributed by atoms with Crippen LogP contribution in [0.15, 0.2) is 48.8 Å². The van der Waals surface area contributed by atoms with Gasteiger partial charge in [0, 0.05) is 30.8 Å². The zero-order valence-corrected chi connectivity index (χ0v) is 14.8. The van der Waals surface area contributed by atoms with Crippen LogP contribution in [0.1, 0.15) is 56.6 Å². The minimum Gasteiger partial charge on any atom is -0.352 e. The summed E-state index contributed by atoms with van der Waals surface area (Å²) >= 11 is 0. The van der Waals surface area contributed by atoms with Gasteiger partial charge in [0.25, 0.3) is 0 Å². The normalized spacial score (nSPS) is 29.3. The van der Waals surface area contributed by atoms with Crippen molar-refractivity contribution in [1.29, 1.82) is 0 Å². The summed E-state index contributed by atoms with van der Waals surface area (Å²) < 4.78 is 1.86. The van der Waals surface area contributed by atoms with Crippen LogP contribution < -0.4 is 5.32 Å². The van der Waals surface area contributed by atoms with Gasteiger partial charge in [-0.05, 0) is 43.2 Å². The highest BCUT2D eigenvalue weighted by Crippen LogP contribution is 2.54. The van der Waals surface area contributed by atoms with E-state index in [9.17, 15) is 4.79 Å². The van der Waals surface area contributed by atoms with Crippen LogP contribution in [0.25, 0.3) is 0 Å². The highest BCUT2D eigenvalue weighted by molar-refractivity contribution is 5.77. The lowest BCUT2D eigenvalue weighted by atomic mass is 9.53. The number of hydrogen-bond donors (Lipinski definition) is 1. The Kier molecular flexibility index (Phi) is 4.60. The number of benzene rings is 1. The number of aromatic nitrogens is 2. The summed E-state index contributed by atoms with van der Waals surface area (Å²) in [5.41, 5.74) is 1.39. The molecule has 132 valence electrons. The Hall–Kier alpha value is -2.10. The van der Waals surface area contributed by atoms with E-state index in [4.69, 9.17) is 0 Å². The smallest absolute Gasteiger partial charge is 0.222 e. The molecule has 0 unspecified atom stereocenters. The van der Waals surface area contributed by atoms with Crippen LogP contribution in [0.3, 0.4) is 0 Å². The molecule has 4 nitrogen and oxygen atoms in total. The number of hydrogen-bond acceptors (Lipinski definition) is 2. The number of amides is 1. The van der Waals surface area contributed by atoms with E-state index in [1.807, 2.05) is 23.9 Å². The maximum atomic E-state index is 12.7. The Morgan fingerprint density at radius 3 is 2.68 bits per heavy atom. The molecule has 2 aliphatic carbocycles. The molecule has 1 aromatic carbocycles. The molecule has 25 heavy (non-hydrogen) atoms. The van der Waals surface area contributed by atoms with Gasteiger partial charge in [-0.25, -0.2) is 0 Å². The summed E-state index contributed by atoms with van der Waals surface area (Å²) in [5.74, 6) is 2.03. The quantitative estimate of drug-likeness (QED) is 0.899. The number of fused-ring (bicyclic) bond motifs is 1. The van der Waals surface area contributed by atoms with E-state index < -0.39 is 0 Å². The molecule has 2 aromatic rings. The van der Waals surface area contributed by atoms with Crippen molar-refractivity contribution >= 4 is 5.91 Å². The van der Waals surface area contributed by atoms with Gasteiger partial charge in [0.2, 0.25) is 5.91 Å². The van der Waals surface area contributed by atoms with Gasteiger partial charge in [0.05, 0.1) is 6.04 Å². The van der Waals surface area contributed by atoms with Crippen molar-refractivity contribution in [3.63, 3.8) is 0 Å². The van der Waals surface area contributed by atoms with Gasteiger partial charge < -0.3 is 5.32 Å². The first-order valence-electron chi connectivity index (χ1n) is 9.57. The van der Waals surface area contributed by atoms with E-state index >= 15 is 0 Å². The fourth-order valence-corrected chi connectivity index (χ4v) is 4.94. The molecule has 1 aromatic heterocycles. The molecule has 1 N–H and O–H groups in total. The van der Waals surface area contributed by atoms with Crippen molar-refractivity contribution in [3.05, 3.63) is 54.4 Å². The second-order valence-corrected chi connectivity index (χ2v) is 7.68. The minimum atomic E-state index is 0.0902. The van der Waals surface area contributed by atoms with E-state index in [0.29, 0.717) is 24.3 Å². The van der Waals surface area contributed by atoms with Crippen LogP contribution in [0, 0.1) is 11.8 Å². The van der Waals surface area contributed by atoms with E-state index in [1.165, 1.54) is 31.2 Å². The first-order valence-corrected chi connectivity index (χ1v) is 9.57. The van der Waals surface area contributed by atoms with Crippen LogP contribution in [-0.4, -0.2) is 21.7 Å². The van der Waals surface area contributed by atoms with E-state index in [1.54, 1.807) is 6.20 Å². The van der Waals surface area contributed by atoms with Crippen molar-refractivity contribution < 1.29 is 4.79 Å². The van der Waals surface area contributed by atoms with Gasteiger partial charge in [-0.15, -0.1) is 0 Å². The molecule has 0 aliphatic heterocycles. The lowest BCUT2D eigenvalue weighted by Gasteiger charge is -2.55. The standard InChI is InChI=1S/C21H27N3O/c1-15(24-13-7-12-22-24)14-19(25)23-21-18-11-6-5-10-17(18)20(21)16-8-3-2-4-9-16/h2-4,7-9,12-13,15,17-18,20-21H,5-6,10-11,14H2,1H3,(H,23,25)/t15-,17-,18-,20+,21+/m1/s1. The van der Waals surface area contributed by atoms with Gasteiger partial charge in [-0.1, -0.05) is 43.2 Å². The van der Waals surface area contributed by atoms with Crippen LogP contribution in [-0.2, 0) is 4.79 Å².